The largest absolute Gasteiger partial charge is 0.275 e. The molecule has 4 aromatic heterocycles. The molecule has 5 rings (SSSR count). The van der Waals surface area contributed by atoms with Gasteiger partial charge in [-0.25, -0.2) is 9.50 Å². The van der Waals surface area contributed by atoms with Crippen LogP contribution in [0.5, 0.6) is 0 Å². The Bertz CT molecular complexity index is 1240. The van der Waals surface area contributed by atoms with E-state index in [0.717, 1.165) is 39.4 Å². The standard InChI is InChI=1S/C21H17N7/c1-27-14-18(11-24-27)19-12-23-13-21-25-20(26-28(19)21)10-15-2-4-16(5-3-15)17-6-8-22-9-7-17/h2-9,11-14H,10H2,1H3. The molecule has 7 nitrogen and oxygen atoms in total. The molecule has 0 fully saturated rings. The Morgan fingerprint density at radius 3 is 2.36 bits per heavy atom. The van der Waals surface area contributed by atoms with E-state index in [1.165, 1.54) is 0 Å². The highest BCUT2D eigenvalue weighted by Crippen LogP contribution is 2.21. The summed E-state index contributed by atoms with van der Waals surface area (Å²) in [6, 6.07) is 12.5. The quantitative estimate of drug-likeness (QED) is 0.488. The Labute approximate surface area is 161 Å². The van der Waals surface area contributed by atoms with Gasteiger partial charge < -0.3 is 0 Å². The van der Waals surface area contributed by atoms with Crippen molar-refractivity contribution in [2.75, 3.05) is 0 Å². The van der Waals surface area contributed by atoms with E-state index in [-0.39, 0.29) is 0 Å². The van der Waals surface area contributed by atoms with Crippen LogP contribution in [0.15, 0.2) is 73.6 Å². The van der Waals surface area contributed by atoms with Gasteiger partial charge in [0.25, 0.3) is 0 Å². The molecule has 0 saturated heterocycles. The number of pyridine rings is 1. The number of aromatic nitrogens is 7. The number of fused-ring (bicyclic) bond motifs is 1. The third-order valence-corrected chi connectivity index (χ3v) is 4.62. The van der Waals surface area contributed by atoms with Gasteiger partial charge in [-0.3, -0.25) is 14.6 Å². The molecule has 0 saturated carbocycles. The molecule has 0 bridgehead atoms. The van der Waals surface area contributed by atoms with Gasteiger partial charge in [-0.05, 0) is 28.8 Å². The fourth-order valence-electron chi connectivity index (χ4n) is 3.23. The summed E-state index contributed by atoms with van der Waals surface area (Å²) >= 11 is 0. The van der Waals surface area contributed by atoms with E-state index in [1.807, 2.05) is 29.9 Å². The highest BCUT2D eigenvalue weighted by Gasteiger charge is 2.11. The van der Waals surface area contributed by atoms with Crippen LogP contribution in [0.25, 0.3) is 28.0 Å². The monoisotopic (exact) mass is 367 g/mol. The molecule has 0 amide bonds. The summed E-state index contributed by atoms with van der Waals surface area (Å²) in [5.41, 5.74) is 6.03. The topological polar surface area (TPSA) is 73.8 Å². The van der Waals surface area contributed by atoms with Crippen molar-refractivity contribution in [3.8, 4) is 22.4 Å². The zero-order valence-corrected chi connectivity index (χ0v) is 15.3. The molecule has 0 spiro atoms. The maximum absolute atomic E-state index is 4.69. The fourth-order valence-corrected chi connectivity index (χ4v) is 3.23. The summed E-state index contributed by atoms with van der Waals surface area (Å²) in [6.07, 6.45) is 11.5. The first-order valence-electron chi connectivity index (χ1n) is 8.94. The lowest BCUT2D eigenvalue weighted by Crippen LogP contribution is -1.96. The van der Waals surface area contributed by atoms with Crippen LogP contribution < -0.4 is 0 Å². The van der Waals surface area contributed by atoms with Gasteiger partial charge in [0, 0.05) is 37.6 Å². The molecule has 28 heavy (non-hydrogen) atoms. The van der Waals surface area contributed by atoms with Crippen molar-refractivity contribution in [3.63, 3.8) is 0 Å². The number of benzene rings is 1. The summed E-state index contributed by atoms with van der Waals surface area (Å²) < 4.78 is 3.58. The molecule has 7 heteroatoms. The van der Waals surface area contributed by atoms with Gasteiger partial charge in [0.05, 0.1) is 24.3 Å². The molecule has 1 aromatic carbocycles. The average molecular weight is 367 g/mol. The Hall–Kier alpha value is -3.87. The van der Waals surface area contributed by atoms with Crippen molar-refractivity contribution in [3.05, 3.63) is 85.0 Å². The minimum absolute atomic E-state index is 0.658. The molecule has 4 heterocycles. The summed E-state index contributed by atoms with van der Waals surface area (Å²) in [5.74, 6) is 0.759. The molecule has 0 atom stereocenters. The van der Waals surface area contributed by atoms with Gasteiger partial charge >= 0.3 is 0 Å². The van der Waals surface area contributed by atoms with Crippen molar-refractivity contribution in [2.45, 2.75) is 6.42 Å². The van der Waals surface area contributed by atoms with Crippen molar-refractivity contribution in [1.29, 1.82) is 0 Å². The SMILES string of the molecule is Cn1cc(-c2cncc3nc(Cc4ccc(-c5ccncc5)cc4)nn23)cn1. The lowest BCUT2D eigenvalue weighted by atomic mass is 10.0. The first-order chi connectivity index (χ1) is 13.8. The average Bonchev–Trinajstić information content (AvgIpc) is 3.34. The van der Waals surface area contributed by atoms with E-state index < -0.39 is 0 Å². The minimum Gasteiger partial charge on any atom is -0.275 e. The lowest BCUT2D eigenvalue weighted by molar-refractivity contribution is 0.768. The molecular weight excluding hydrogens is 350 g/mol. The molecule has 5 aromatic rings. The van der Waals surface area contributed by atoms with Crippen LogP contribution in [0, 0.1) is 0 Å². The highest BCUT2D eigenvalue weighted by molar-refractivity contribution is 5.63. The Balaban J connectivity index is 1.44. The molecule has 0 N–H and O–H groups in total. The van der Waals surface area contributed by atoms with Gasteiger partial charge in [0.15, 0.2) is 11.5 Å². The summed E-state index contributed by atoms with van der Waals surface area (Å²) in [6.45, 7) is 0. The maximum Gasteiger partial charge on any atom is 0.174 e. The zero-order valence-electron chi connectivity index (χ0n) is 15.3. The van der Waals surface area contributed by atoms with Crippen LogP contribution >= 0.6 is 0 Å². The second kappa shape index (κ2) is 6.70. The van der Waals surface area contributed by atoms with E-state index in [4.69, 9.17) is 5.10 Å². The molecule has 136 valence electrons. The van der Waals surface area contributed by atoms with Crippen molar-refractivity contribution in [2.24, 2.45) is 7.05 Å². The van der Waals surface area contributed by atoms with E-state index >= 15 is 0 Å². The van der Waals surface area contributed by atoms with Crippen LogP contribution in [0.4, 0.5) is 0 Å². The van der Waals surface area contributed by atoms with Crippen molar-refractivity contribution >= 4 is 5.65 Å². The molecule has 0 aliphatic heterocycles. The highest BCUT2D eigenvalue weighted by atomic mass is 15.3. The van der Waals surface area contributed by atoms with E-state index in [2.05, 4.69) is 44.3 Å². The van der Waals surface area contributed by atoms with Gasteiger partial charge in [0.1, 0.15) is 0 Å². The van der Waals surface area contributed by atoms with Gasteiger partial charge in [-0.15, -0.1) is 0 Å². The Morgan fingerprint density at radius 1 is 0.821 bits per heavy atom. The minimum atomic E-state index is 0.658. The maximum atomic E-state index is 4.69. The number of rotatable bonds is 4. The fraction of sp³-hybridized carbons (Fsp3) is 0.0952. The van der Waals surface area contributed by atoms with Gasteiger partial charge in [0.2, 0.25) is 0 Å². The van der Waals surface area contributed by atoms with Gasteiger partial charge in [-0.2, -0.15) is 10.2 Å². The second-order valence-electron chi connectivity index (χ2n) is 6.60. The zero-order chi connectivity index (χ0) is 18.9. The number of nitrogens with zero attached hydrogens (tertiary/aromatic N) is 7. The summed E-state index contributed by atoms with van der Waals surface area (Å²) in [4.78, 5) is 13.0. The molecule has 0 aliphatic carbocycles. The molecule has 0 aliphatic rings. The van der Waals surface area contributed by atoms with Crippen molar-refractivity contribution in [1.82, 2.24) is 34.3 Å². The second-order valence-corrected chi connectivity index (χ2v) is 6.60. The lowest BCUT2D eigenvalue weighted by Gasteiger charge is -2.03. The first-order valence-corrected chi connectivity index (χ1v) is 8.94. The van der Waals surface area contributed by atoms with Crippen LogP contribution in [0.3, 0.4) is 0 Å². The van der Waals surface area contributed by atoms with E-state index in [0.29, 0.717) is 6.42 Å². The number of hydrogen-bond donors (Lipinski definition) is 0. The van der Waals surface area contributed by atoms with Crippen LogP contribution in [0.2, 0.25) is 0 Å². The van der Waals surface area contributed by atoms with Crippen molar-refractivity contribution < 1.29 is 0 Å². The normalized spacial score (nSPS) is 11.2. The van der Waals surface area contributed by atoms with Crippen LogP contribution in [-0.2, 0) is 13.5 Å². The van der Waals surface area contributed by atoms with E-state index in [9.17, 15) is 0 Å². The number of hydrogen-bond acceptors (Lipinski definition) is 5. The predicted octanol–water partition coefficient (Wildman–Crippen LogP) is 3.18. The van der Waals surface area contributed by atoms with Crippen LogP contribution in [-0.4, -0.2) is 34.3 Å². The molecule has 0 unspecified atom stereocenters. The Kier molecular flexibility index (Phi) is 3.90. The summed E-state index contributed by atoms with van der Waals surface area (Å²) in [5, 5.41) is 8.93. The van der Waals surface area contributed by atoms with Crippen LogP contribution in [0.1, 0.15) is 11.4 Å². The number of aryl methyl sites for hydroxylation is 1. The van der Waals surface area contributed by atoms with Gasteiger partial charge in [-0.1, -0.05) is 24.3 Å². The Morgan fingerprint density at radius 2 is 1.61 bits per heavy atom. The predicted molar refractivity (Wildman–Crippen MR) is 105 cm³/mol. The summed E-state index contributed by atoms with van der Waals surface area (Å²) in [7, 11) is 1.89. The first kappa shape index (κ1) is 16.3. The molecular formula is C21H17N7. The van der Waals surface area contributed by atoms with E-state index in [1.54, 1.807) is 35.7 Å². The molecule has 0 radical (unpaired) electrons. The third kappa shape index (κ3) is 3.03. The smallest absolute Gasteiger partial charge is 0.174 e. The third-order valence-electron chi connectivity index (χ3n) is 4.62.